The maximum atomic E-state index is 12.2. The Hall–Kier alpha value is -2.13. The molecule has 1 rings (SSSR count). The molecular weight excluding hydrogens is 269 g/mol. The predicted molar refractivity (Wildman–Crippen MR) is 59.0 cm³/mol. The highest BCUT2D eigenvalue weighted by Crippen LogP contribution is 2.32. The molecule has 0 spiro atoms. The van der Waals surface area contributed by atoms with Gasteiger partial charge in [0.05, 0.1) is 18.5 Å². The number of nitrogens with zero attached hydrogens (tertiary/aromatic N) is 3. The predicted octanol–water partition coefficient (Wildman–Crippen LogP) is 2.15. The van der Waals surface area contributed by atoms with E-state index in [9.17, 15) is 23.3 Å². The van der Waals surface area contributed by atoms with Crippen LogP contribution in [0, 0.1) is 10.1 Å². The van der Waals surface area contributed by atoms with Crippen LogP contribution in [0.2, 0.25) is 0 Å². The summed E-state index contributed by atoms with van der Waals surface area (Å²) in [6.45, 7) is 1.24. The van der Waals surface area contributed by atoms with E-state index in [-0.39, 0.29) is 11.7 Å². The smallest absolute Gasteiger partial charge is 0.391 e. The van der Waals surface area contributed by atoms with Crippen molar-refractivity contribution in [3.05, 3.63) is 16.4 Å². The maximum absolute atomic E-state index is 12.2. The molecule has 0 fully saturated rings. The molecule has 1 N–H and O–H groups in total. The minimum Gasteiger partial charge on any atom is -0.476 e. The van der Waals surface area contributed by atoms with E-state index in [4.69, 9.17) is 0 Å². The van der Waals surface area contributed by atoms with Gasteiger partial charge < -0.3 is 10.1 Å². The summed E-state index contributed by atoms with van der Waals surface area (Å²) in [4.78, 5) is 17.1. The van der Waals surface area contributed by atoms with Gasteiger partial charge in [0.15, 0.2) is 0 Å². The Kier molecular flexibility index (Phi) is 4.46. The van der Waals surface area contributed by atoms with Crippen LogP contribution >= 0.6 is 0 Å². The fourth-order valence-electron chi connectivity index (χ4n) is 1.41. The number of nitrogens with one attached hydrogen (secondary N) is 1. The molecule has 0 aliphatic rings. The van der Waals surface area contributed by atoms with Gasteiger partial charge in [-0.05, 0) is 6.92 Å². The number of halogens is 3. The molecule has 0 saturated carbocycles. The van der Waals surface area contributed by atoms with Crippen molar-refractivity contribution in [2.75, 3.05) is 12.4 Å². The SMILES string of the molecule is COc1ncnc(NC(C)CC(F)(F)F)c1[N+](=O)[O-]. The molecular formula is C9H11F3N4O3. The first kappa shape index (κ1) is 14.9. The Labute approximate surface area is 106 Å². The van der Waals surface area contributed by atoms with Crippen molar-refractivity contribution >= 4 is 11.5 Å². The first-order valence-corrected chi connectivity index (χ1v) is 5.11. The van der Waals surface area contributed by atoms with E-state index in [0.717, 1.165) is 13.4 Å². The van der Waals surface area contributed by atoms with Crippen LogP contribution in [-0.4, -0.2) is 34.2 Å². The Morgan fingerprint density at radius 1 is 1.53 bits per heavy atom. The fourth-order valence-corrected chi connectivity index (χ4v) is 1.41. The van der Waals surface area contributed by atoms with E-state index in [2.05, 4.69) is 20.0 Å². The maximum Gasteiger partial charge on any atom is 0.391 e. The summed E-state index contributed by atoms with van der Waals surface area (Å²) < 4.78 is 41.2. The van der Waals surface area contributed by atoms with Crippen LogP contribution in [0.4, 0.5) is 24.7 Å². The highest BCUT2D eigenvalue weighted by Gasteiger charge is 2.32. The molecule has 1 aromatic heterocycles. The molecule has 0 radical (unpaired) electrons. The van der Waals surface area contributed by atoms with Gasteiger partial charge in [0.1, 0.15) is 6.33 Å². The van der Waals surface area contributed by atoms with Crippen LogP contribution in [-0.2, 0) is 0 Å². The summed E-state index contributed by atoms with van der Waals surface area (Å²) in [7, 11) is 1.16. The van der Waals surface area contributed by atoms with Crippen LogP contribution in [0.1, 0.15) is 13.3 Å². The van der Waals surface area contributed by atoms with Gasteiger partial charge in [-0.25, -0.2) is 4.98 Å². The molecule has 106 valence electrons. The normalized spacial score (nSPS) is 12.9. The van der Waals surface area contributed by atoms with E-state index < -0.39 is 29.2 Å². The van der Waals surface area contributed by atoms with Gasteiger partial charge in [-0.15, -0.1) is 0 Å². The Morgan fingerprint density at radius 2 is 2.16 bits per heavy atom. The molecule has 0 aliphatic heterocycles. The molecule has 0 saturated heterocycles. The lowest BCUT2D eigenvalue weighted by Crippen LogP contribution is -2.24. The van der Waals surface area contributed by atoms with E-state index in [1.807, 2.05) is 0 Å². The van der Waals surface area contributed by atoms with Crippen LogP contribution in [0.25, 0.3) is 0 Å². The summed E-state index contributed by atoms with van der Waals surface area (Å²) >= 11 is 0. The molecule has 19 heavy (non-hydrogen) atoms. The largest absolute Gasteiger partial charge is 0.476 e. The number of hydrogen-bond acceptors (Lipinski definition) is 6. The number of rotatable bonds is 5. The van der Waals surface area contributed by atoms with Crippen LogP contribution < -0.4 is 10.1 Å². The highest BCUT2D eigenvalue weighted by molar-refractivity contribution is 5.61. The third-order valence-electron chi connectivity index (χ3n) is 2.09. The quantitative estimate of drug-likeness (QED) is 0.656. The zero-order valence-electron chi connectivity index (χ0n) is 10.1. The minimum absolute atomic E-state index is 0.311. The lowest BCUT2D eigenvalue weighted by atomic mass is 10.2. The van der Waals surface area contributed by atoms with Crippen molar-refractivity contribution in [3.63, 3.8) is 0 Å². The van der Waals surface area contributed by atoms with Crippen molar-refractivity contribution in [2.24, 2.45) is 0 Å². The molecule has 0 bridgehead atoms. The zero-order valence-corrected chi connectivity index (χ0v) is 10.1. The van der Waals surface area contributed by atoms with E-state index >= 15 is 0 Å². The molecule has 1 unspecified atom stereocenters. The second-order valence-electron chi connectivity index (χ2n) is 3.70. The van der Waals surface area contributed by atoms with Crippen LogP contribution in [0.3, 0.4) is 0 Å². The van der Waals surface area contributed by atoms with Gasteiger partial charge in [-0.1, -0.05) is 0 Å². The average Bonchev–Trinajstić information content (AvgIpc) is 2.25. The molecule has 0 aliphatic carbocycles. The molecule has 1 atom stereocenters. The van der Waals surface area contributed by atoms with Gasteiger partial charge in [0, 0.05) is 6.04 Å². The van der Waals surface area contributed by atoms with Gasteiger partial charge in [-0.3, -0.25) is 10.1 Å². The second-order valence-corrected chi connectivity index (χ2v) is 3.70. The van der Waals surface area contributed by atoms with Crippen LogP contribution in [0.5, 0.6) is 5.88 Å². The Bertz CT molecular complexity index is 467. The van der Waals surface area contributed by atoms with Crippen molar-refractivity contribution in [3.8, 4) is 5.88 Å². The van der Waals surface area contributed by atoms with E-state index in [1.54, 1.807) is 0 Å². The summed E-state index contributed by atoms with van der Waals surface area (Å²) in [5.74, 6) is -0.629. The summed E-state index contributed by atoms with van der Waals surface area (Å²) in [6.07, 6.45) is -4.55. The third-order valence-corrected chi connectivity index (χ3v) is 2.09. The number of nitro groups is 1. The summed E-state index contributed by atoms with van der Waals surface area (Å²) in [5.41, 5.74) is -0.598. The zero-order chi connectivity index (χ0) is 14.6. The summed E-state index contributed by atoms with van der Waals surface area (Å²) in [5, 5.41) is 13.2. The number of alkyl halides is 3. The second kappa shape index (κ2) is 5.67. The van der Waals surface area contributed by atoms with Gasteiger partial charge in [0.2, 0.25) is 5.82 Å². The van der Waals surface area contributed by atoms with E-state index in [1.165, 1.54) is 6.92 Å². The molecule has 1 heterocycles. The Balaban J connectivity index is 2.98. The van der Waals surface area contributed by atoms with Crippen molar-refractivity contribution < 1.29 is 22.8 Å². The molecule has 10 heteroatoms. The molecule has 7 nitrogen and oxygen atoms in total. The lowest BCUT2D eigenvalue weighted by Gasteiger charge is -2.16. The summed E-state index contributed by atoms with van der Waals surface area (Å²) in [6, 6.07) is -1.07. The van der Waals surface area contributed by atoms with Crippen molar-refractivity contribution in [1.29, 1.82) is 0 Å². The molecule has 0 amide bonds. The number of methoxy groups -OCH3 is 1. The average molecular weight is 280 g/mol. The van der Waals surface area contributed by atoms with E-state index in [0.29, 0.717) is 0 Å². The first-order chi connectivity index (χ1) is 8.74. The highest BCUT2D eigenvalue weighted by atomic mass is 19.4. The number of hydrogen-bond donors (Lipinski definition) is 1. The topological polar surface area (TPSA) is 90.2 Å². The lowest BCUT2D eigenvalue weighted by molar-refractivity contribution is -0.385. The number of ether oxygens (including phenoxy) is 1. The minimum atomic E-state index is -4.38. The van der Waals surface area contributed by atoms with Gasteiger partial charge in [-0.2, -0.15) is 18.2 Å². The number of aromatic nitrogens is 2. The van der Waals surface area contributed by atoms with Gasteiger partial charge in [0.25, 0.3) is 5.88 Å². The fraction of sp³-hybridized carbons (Fsp3) is 0.556. The standard InChI is InChI=1S/C9H11F3N4O3/c1-5(3-9(10,11)12)15-7-6(16(17)18)8(19-2)14-4-13-7/h4-5H,3H2,1-2H3,(H,13,14,15). The molecule has 1 aromatic rings. The first-order valence-electron chi connectivity index (χ1n) is 5.11. The monoisotopic (exact) mass is 280 g/mol. The van der Waals surface area contributed by atoms with Gasteiger partial charge >= 0.3 is 11.9 Å². The van der Waals surface area contributed by atoms with Crippen molar-refractivity contribution in [2.45, 2.75) is 25.6 Å². The molecule has 0 aromatic carbocycles. The van der Waals surface area contributed by atoms with Crippen molar-refractivity contribution in [1.82, 2.24) is 9.97 Å². The number of anilines is 1. The Morgan fingerprint density at radius 3 is 2.63 bits per heavy atom. The van der Waals surface area contributed by atoms with Crippen LogP contribution in [0.15, 0.2) is 6.33 Å². The third kappa shape index (κ3) is 4.23.